The van der Waals surface area contributed by atoms with Gasteiger partial charge in [0.1, 0.15) is 0 Å². The summed E-state index contributed by atoms with van der Waals surface area (Å²) in [5.41, 5.74) is 7.20. The average molecular weight is 243 g/mol. The fraction of sp³-hybridized carbons (Fsp3) is 0.286. The molecular weight excluding hydrogens is 226 g/mol. The van der Waals surface area contributed by atoms with Gasteiger partial charge in [-0.15, -0.1) is 0 Å². The van der Waals surface area contributed by atoms with Gasteiger partial charge in [0.25, 0.3) is 0 Å². The van der Waals surface area contributed by atoms with E-state index in [9.17, 15) is 4.79 Å². The van der Waals surface area contributed by atoms with E-state index in [0.717, 1.165) is 16.6 Å². The molecule has 0 bridgehead atoms. The molecule has 1 atom stereocenters. The quantitative estimate of drug-likeness (QED) is 0.865. The van der Waals surface area contributed by atoms with E-state index < -0.39 is 0 Å². The predicted molar refractivity (Wildman–Crippen MR) is 73.3 cm³/mol. The normalized spacial score (nSPS) is 12.3. The lowest BCUT2D eigenvalue weighted by molar-refractivity contribution is -0.116. The Bertz CT molecular complexity index is 546. The van der Waals surface area contributed by atoms with Gasteiger partial charge in [-0.05, 0) is 25.5 Å². The van der Waals surface area contributed by atoms with Crippen LogP contribution in [0.2, 0.25) is 0 Å². The van der Waals surface area contributed by atoms with Gasteiger partial charge in [0.2, 0.25) is 5.91 Å². The van der Waals surface area contributed by atoms with Crippen molar-refractivity contribution >= 4 is 22.5 Å². The van der Waals surface area contributed by atoms with Gasteiger partial charge >= 0.3 is 0 Å². The first-order valence-electron chi connectivity index (χ1n) is 6.06. The SMILES string of the molecule is CC(N)CCC(=O)Nc1cccc2cccnc12. The van der Waals surface area contributed by atoms with E-state index in [1.807, 2.05) is 37.3 Å². The van der Waals surface area contributed by atoms with E-state index in [0.29, 0.717) is 12.8 Å². The number of carbonyl (C=O) groups is 1. The van der Waals surface area contributed by atoms with Crippen LogP contribution in [-0.2, 0) is 4.79 Å². The highest BCUT2D eigenvalue weighted by Gasteiger charge is 2.07. The van der Waals surface area contributed by atoms with Gasteiger partial charge < -0.3 is 11.1 Å². The van der Waals surface area contributed by atoms with Gasteiger partial charge in [0.15, 0.2) is 0 Å². The molecule has 0 aliphatic rings. The number of benzene rings is 1. The van der Waals surface area contributed by atoms with Crippen molar-refractivity contribution in [1.29, 1.82) is 0 Å². The molecule has 0 aliphatic heterocycles. The number of para-hydroxylation sites is 1. The van der Waals surface area contributed by atoms with Crippen LogP contribution >= 0.6 is 0 Å². The van der Waals surface area contributed by atoms with Crippen LogP contribution in [0.3, 0.4) is 0 Å². The molecule has 2 rings (SSSR count). The number of hydrogen-bond donors (Lipinski definition) is 2. The fourth-order valence-corrected chi connectivity index (χ4v) is 1.78. The third-order valence-electron chi connectivity index (χ3n) is 2.73. The van der Waals surface area contributed by atoms with Gasteiger partial charge in [-0.2, -0.15) is 0 Å². The van der Waals surface area contributed by atoms with Crippen LogP contribution in [0.15, 0.2) is 36.5 Å². The van der Waals surface area contributed by atoms with Crippen molar-refractivity contribution in [3.63, 3.8) is 0 Å². The lowest BCUT2D eigenvalue weighted by Crippen LogP contribution is -2.19. The Morgan fingerprint density at radius 3 is 2.94 bits per heavy atom. The van der Waals surface area contributed by atoms with E-state index in [4.69, 9.17) is 5.73 Å². The topological polar surface area (TPSA) is 68.0 Å². The number of anilines is 1. The number of fused-ring (bicyclic) bond motifs is 1. The van der Waals surface area contributed by atoms with Gasteiger partial charge in [-0.1, -0.05) is 18.2 Å². The second kappa shape index (κ2) is 5.60. The Morgan fingerprint density at radius 2 is 2.17 bits per heavy atom. The molecule has 0 fully saturated rings. The van der Waals surface area contributed by atoms with E-state index >= 15 is 0 Å². The first-order chi connectivity index (χ1) is 8.66. The minimum Gasteiger partial charge on any atom is -0.328 e. The number of aromatic nitrogens is 1. The smallest absolute Gasteiger partial charge is 0.224 e. The van der Waals surface area contributed by atoms with Crippen molar-refractivity contribution in [1.82, 2.24) is 4.98 Å². The molecule has 18 heavy (non-hydrogen) atoms. The number of pyridine rings is 1. The van der Waals surface area contributed by atoms with Crippen LogP contribution in [0.25, 0.3) is 10.9 Å². The predicted octanol–water partition coefficient (Wildman–Crippen LogP) is 2.30. The minimum absolute atomic E-state index is 0.0227. The maximum Gasteiger partial charge on any atom is 0.224 e. The largest absolute Gasteiger partial charge is 0.328 e. The van der Waals surface area contributed by atoms with Crippen molar-refractivity contribution in [2.75, 3.05) is 5.32 Å². The Labute approximate surface area is 106 Å². The summed E-state index contributed by atoms with van der Waals surface area (Å²) in [4.78, 5) is 16.1. The molecule has 1 aromatic heterocycles. The molecule has 0 radical (unpaired) electrons. The molecule has 0 aliphatic carbocycles. The maximum absolute atomic E-state index is 11.8. The van der Waals surface area contributed by atoms with Gasteiger partial charge in [0, 0.05) is 24.0 Å². The minimum atomic E-state index is -0.0227. The molecule has 1 heterocycles. The highest BCUT2D eigenvalue weighted by molar-refractivity contribution is 6.00. The first kappa shape index (κ1) is 12.5. The monoisotopic (exact) mass is 243 g/mol. The summed E-state index contributed by atoms with van der Waals surface area (Å²) in [7, 11) is 0. The number of hydrogen-bond acceptors (Lipinski definition) is 3. The highest BCUT2D eigenvalue weighted by Crippen LogP contribution is 2.20. The Kier molecular flexibility index (Phi) is 3.89. The molecule has 1 aromatic carbocycles. The summed E-state index contributed by atoms with van der Waals surface area (Å²) in [6, 6.07) is 9.63. The van der Waals surface area contributed by atoms with Crippen molar-refractivity contribution in [2.24, 2.45) is 5.73 Å². The first-order valence-corrected chi connectivity index (χ1v) is 6.06. The number of nitrogens with zero attached hydrogens (tertiary/aromatic N) is 1. The summed E-state index contributed by atoms with van der Waals surface area (Å²) in [5.74, 6) is -0.0227. The van der Waals surface area contributed by atoms with E-state index in [2.05, 4.69) is 10.3 Å². The summed E-state index contributed by atoms with van der Waals surface area (Å²) in [6.45, 7) is 1.90. The number of nitrogens with one attached hydrogen (secondary N) is 1. The molecule has 0 spiro atoms. The lowest BCUT2D eigenvalue weighted by Gasteiger charge is -2.08. The molecule has 94 valence electrons. The summed E-state index contributed by atoms with van der Waals surface area (Å²) in [6.07, 6.45) is 2.84. The Morgan fingerprint density at radius 1 is 1.39 bits per heavy atom. The number of rotatable bonds is 4. The highest BCUT2D eigenvalue weighted by atomic mass is 16.1. The average Bonchev–Trinajstić information content (AvgIpc) is 2.37. The zero-order chi connectivity index (χ0) is 13.0. The van der Waals surface area contributed by atoms with Crippen LogP contribution in [0.1, 0.15) is 19.8 Å². The van der Waals surface area contributed by atoms with Crippen LogP contribution in [0.4, 0.5) is 5.69 Å². The van der Waals surface area contributed by atoms with Crippen LogP contribution in [0.5, 0.6) is 0 Å². The van der Waals surface area contributed by atoms with Gasteiger partial charge in [-0.3, -0.25) is 9.78 Å². The molecule has 1 amide bonds. The van der Waals surface area contributed by atoms with Gasteiger partial charge in [0.05, 0.1) is 11.2 Å². The molecule has 2 aromatic rings. The molecule has 0 saturated carbocycles. The van der Waals surface area contributed by atoms with E-state index in [-0.39, 0.29) is 11.9 Å². The zero-order valence-electron chi connectivity index (χ0n) is 10.4. The zero-order valence-corrected chi connectivity index (χ0v) is 10.4. The van der Waals surface area contributed by atoms with Crippen LogP contribution in [0, 0.1) is 0 Å². The number of amides is 1. The van der Waals surface area contributed by atoms with Crippen molar-refractivity contribution in [3.05, 3.63) is 36.5 Å². The summed E-state index contributed by atoms with van der Waals surface area (Å²) < 4.78 is 0. The molecule has 4 heteroatoms. The Balaban J connectivity index is 2.14. The van der Waals surface area contributed by atoms with E-state index in [1.165, 1.54) is 0 Å². The van der Waals surface area contributed by atoms with Gasteiger partial charge in [-0.25, -0.2) is 0 Å². The molecule has 4 nitrogen and oxygen atoms in total. The molecular formula is C14H17N3O. The van der Waals surface area contributed by atoms with Crippen LogP contribution < -0.4 is 11.1 Å². The number of nitrogens with two attached hydrogens (primary N) is 1. The van der Waals surface area contributed by atoms with Crippen molar-refractivity contribution in [2.45, 2.75) is 25.8 Å². The molecule has 1 unspecified atom stereocenters. The summed E-state index contributed by atoms with van der Waals surface area (Å²) >= 11 is 0. The van der Waals surface area contributed by atoms with Crippen molar-refractivity contribution < 1.29 is 4.79 Å². The fourth-order valence-electron chi connectivity index (χ4n) is 1.78. The maximum atomic E-state index is 11.8. The third-order valence-corrected chi connectivity index (χ3v) is 2.73. The second-order valence-corrected chi connectivity index (χ2v) is 4.44. The standard InChI is InChI=1S/C14H17N3O/c1-10(15)7-8-13(18)17-12-6-2-4-11-5-3-9-16-14(11)12/h2-6,9-10H,7-8,15H2,1H3,(H,17,18). The van der Waals surface area contributed by atoms with Crippen LogP contribution in [-0.4, -0.2) is 16.9 Å². The van der Waals surface area contributed by atoms with E-state index in [1.54, 1.807) is 6.20 Å². The molecule has 3 N–H and O–H groups in total. The second-order valence-electron chi connectivity index (χ2n) is 4.44. The summed E-state index contributed by atoms with van der Waals surface area (Å²) in [5, 5.41) is 3.90. The number of carbonyl (C=O) groups excluding carboxylic acids is 1. The molecule has 0 saturated heterocycles. The van der Waals surface area contributed by atoms with Crippen molar-refractivity contribution in [3.8, 4) is 0 Å². The lowest BCUT2D eigenvalue weighted by atomic mass is 10.1. The third kappa shape index (κ3) is 3.05. The Hall–Kier alpha value is -1.94.